The summed E-state index contributed by atoms with van der Waals surface area (Å²) in [5.41, 5.74) is 2.49. The number of rotatable bonds is 5. The van der Waals surface area contributed by atoms with Gasteiger partial charge in [0.15, 0.2) is 11.2 Å². The molecule has 0 unspecified atom stereocenters. The molecular weight excluding hydrogens is 446 g/mol. The molecule has 5 atom stereocenters. The minimum atomic E-state index is -2.70. The molecule has 1 saturated carbocycles. The number of aliphatic hydroxyl groups excluding tert-OH is 1. The summed E-state index contributed by atoms with van der Waals surface area (Å²) in [4.78, 5) is 16.8. The van der Waals surface area contributed by atoms with Crippen molar-refractivity contribution in [3.8, 4) is 11.5 Å². The minimum Gasteiger partial charge on any atom is -0.495 e. The van der Waals surface area contributed by atoms with E-state index in [1.165, 1.54) is 43.8 Å². The van der Waals surface area contributed by atoms with Crippen LogP contribution in [-0.2, 0) is 16.0 Å². The van der Waals surface area contributed by atoms with Crippen molar-refractivity contribution in [1.82, 2.24) is 4.98 Å². The van der Waals surface area contributed by atoms with Crippen LogP contribution in [0.25, 0.3) is 0 Å². The Bertz CT molecular complexity index is 1240. The van der Waals surface area contributed by atoms with E-state index in [4.69, 9.17) is 15.2 Å². The zero-order chi connectivity index (χ0) is 24.3. The van der Waals surface area contributed by atoms with Crippen molar-refractivity contribution in [2.24, 2.45) is 11.7 Å². The number of halogens is 2. The van der Waals surface area contributed by atoms with E-state index < -0.39 is 41.5 Å². The van der Waals surface area contributed by atoms with Crippen LogP contribution in [0.3, 0.4) is 0 Å². The number of primary amides is 1. The third-order valence-electron chi connectivity index (χ3n) is 6.96. The van der Waals surface area contributed by atoms with Gasteiger partial charge < -0.3 is 25.4 Å². The smallest absolute Gasteiger partial charge is 0.263 e. The van der Waals surface area contributed by atoms with Crippen molar-refractivity contribution < 1.29 is 33.3 Å². The molecule has 1 amide bonds. The van der Waals surface area contributed by atoms with Gasteiger partial charge in [0, 0.05) is 11.5 Å². The summed E-state index contributed by atoms with van der Waals surface area (Å²) in [7, 11) is 1.37. The second kappa shape index (κ2) is 7.75. The second-order valence-corrected chi connectivity index (χ2v) is 8.50. The average molecular weight is 468 g/mol. The predicted octanol–water partition coefficient (Wildman–Crippen LogP) is 2.76. The maximum atomic E-state index is 13.3. The van der Waals surface area contributed by atoms with Gasteiger partial charge in [-0.1, -0.05) is 54.6 Å². The van der Waals surface area contributed by atoms with Gasteiger partial charge in [0.2, 0.25) is 5.91 Å². The largest absolute Gasteiger partial charge is 0.495 e. The Kier molecular flexibility index (Phi) is 5.07. The highest BCUT2D eigenvalue weighted by Crippen LogP contribution is 2.69. The van der Waals surface area contributed by atoms with Gasteiger partial charge in [-0.25, -0.2) is 8.78 Å². The Labute approximate surface area is 193 Å². The molecule has 2 aliphatic rings. The number of hydrogen-bond donors (Lipinski definition) is 3. The monoisotopic (exact) mass is 468 g/mol. The van der Waals surface area contributed by atoms with Crippen molar-refractivity contribution in [2.75, 3.05) is 7.11 Å². The molecule has 176 valence electrons. The SMILES string of the molecule is COc1cncc2c1[C@]1(O)[C@H](O)[C@H](C(N)=O)[C@@H](c3ccccc3)[C@]1(c1ccc(C(F)F)cc1)O2. The van der Waals surface area contributed by atoms with E-state index >= 15 is 0 Å². The first kappa shape index (κ1) is 22.2. The van der Waals surface area contributed by atoms with Crippen LogP contribution in [0, 0.1) is 5.92 Å². The highest BCUT2D eigenvalue weighted by atomic mass is 19.3. The van der Waals surface area contributed by atoms with Crippen LogP contribution in [0.5, 0.6) is 11.5 Å². The molecule has 1 aromatic heterocycles. The molecule has 5 rings (SSSR count). The van der Waals surface area contributed by atoms with E-state index in [1.54, 1.807) is 30.3 Å². The van der Waals surface area contributed by atoms with Crippen molar-refractivity contribution in [2.45, 2.75) is 29.6 Å². The van der Waals surface area contributed by atoms with Gasteiger partial charge in [-0.05, 0) is 11.1 Å². The standard InChI is InChI=1S/C25H22F2N2O5/c1-33-16-11-29-12-17-20(16)24(32)21(30)18(23(28)31)19(13-5-3-2-4-6-13)25(24,34-17)15-9-7-14(8-10-15)22(26)27/h2-12,18-19,21-22,30,32H,1H3,(H2,28,31)/t18-,19-,21-,24+,25+/m1/s1. The van der Waals surface area contributed by atoms with Crippen molar-refractivity contribution in [3.05, 3.63) is 89.2 Å². The Morgan fingerprint density at radius 2 is 1.82 bits per heavy atom. The first-order valence-corrected chi connectivity index (χ1v) is 10.6. The summed E-state index contributed by atoms with van der Waals surface area (Å²) < 4.78 is 38.4. The van der Waals surface area contributed by atoms with Crippen molar-refractivity contribution >= 4 is 5.91 Å². The normalized spacial score (nSPS) is 29.4. The van der Waals surface area contributed by atoms with Crippen LogP contribution >= 0.6 is 0 Å². The van der Waals surface area contributed by atoms with E-state index in [-0.39, 0.29) is 28.2 Å². The molecule has 2 heterocycles. The van der Waals surface area contributed by atoms with Gasteiger partial charge in [-0.15, -0.1) is 0 Å². The topological polar surface area (TPSA) is 115 Å². The number of carbonyl (C=O) groups is 1. The summed E-state index contributed by atoms with van der Waals surface area (Å²) in [5, 5.41) is 23.9. The molecule has 1 aliphatic heterocycles. The van der Waals surface area contributed by atoms with Crippen LogP contribution in [0.2, 0.25) is 0 Å². The number of alkyl halides is 2. The highest BCUT2D eigenvalue weighted by Gasteiger charge is 2.77. The zero-order valence-electron chi connectivity index (χ0n) is 18.1. The van der Waals surface area contributed by atoms with E-state index in [2.05, 4.69) is 4.98 Å². The van der Waals surface area contributed by atoms with Crippen LogP contribution in [0.1, 0.15) is 34.6 Å². The molecule has 0 spiro atoms. The zero-order valence-corrected chi connectivity index (χ0v) is 18.1. The average Bonchev–Trinajstić information content (AvgIpc) is 3.23. The number of benzene rings is 2. The number of carbonyl (C=O) groups excluding carboxylic acids is 1. The summed E-state index contributed by atoms with van der Waals surface area (Å²) in [6, 6.07) is 14.0. The minimum absolute atomic E-state index is 0.111. The number of amides is 1. The number of hydrogen-bond acceptors (Lipinski definition) is 6. The number of pyridine rings is 1. The summed E-state index contributed by atoms with van der Waals surface area (Å²) in [5.74, 6) is -2.80. The third kappa shape index (κ3) is 2.74. The van der Waals surface area contributed by atoms with E-state index in [1.807, 2.05) is 0 Å². The summed E-state index contributed by atoms with van der Waals surface area (Å²) >= 11 is 0. The molecule has 2 aromatic carbocycles. The molecule has 7 nitrogen and oxygen atoms in total. The van der Waals surface area contributed by atoms with Crippen LogP contribution in [-0.4, -0.2) is 34.3 Å². The maximum Gasteiger partial charge on any atom is 0.263 e. The number of nitrogens with zero attached hydrogens (tertiary/aromatic N) is 1. The number of methoxy groups -OCH3 is 1. The van der Waals surface area contributed by atoms with Gasteiger partial charge in [-0.2, -0.15) is 0 Å². The first-order chi connectivity index (χ1) is 16.3. The maximum absolute atomic E-state index is 13.3. The van der Waals surface area contributed by atoms with Crippen LogP contribution in [0.15, 0.2) is 67.0 Å². The number of aromatic nitrogens is 1. The fraction of sp³-hybridized carbons (Fsp3) is 0.280. The van der Waals surface area contributed by atoms with E-state index in [0.29, 0.717) is 5.56 Å². The van der Waals surface area contributed by atoms with E-state index in [0.717, 1.165) is 0 Å². The lowest BCUT2D eigenvalue weighted by molar-refractivity contribution is -0.154. The summed E-state index contributed by atoms with van der Waals surface area (Å²) in [6.07, 6.45) is -1.67. The lowest BCUT2D eigenvalue weighted by Gasteiger charge is -2.40. The number of nitrogens with two attached hydrogens (primary N) is 1. The molecule has 3 aromatic rings. The molecule has 34 heavy (non-hydrogen) atoms. The Morgan fingerprint density at radius 1 is 1.15 bits per heavy atom. The summed E-state index contributed by atoms with van der Waals surface area (Å²) in [6.45, 7) is 0. The molecule has 4 N–H and O–H groups in total. The number of fused-ring (bicyclic) bond motifs is 3. The van der Waals surface area contributed by atoms with Gasteiger partial charge >= 0.3 is 0 Å². The Balaban J connectivity index is 1.86. The third-order valence-corrected chi connectivity index (χ3v) is 6.96. The number of aliphatic hydroxyl groups is 2. The van der Waals surface area contributed by atoms with Crippen molar-refractivity contribution in [1.29, 1.82) is 0 Å². The molecule has 1 fully saturated rings. The molecule has 9 heteroatoms. The van der Waals surface area contributed by atoms with Gasteiger partial charge in [0.1, 0.15) is 17.6 Å². The molecule has 0 radical (unpaired) electrons. The second-order valence-electron chi connectivity index (χ2n) is 8.50. The predicted molar refractivity (Wildman–Crippen MR) is 116 cm³/mol. The van der Waals surface area contributed by atoms with Gasteiger partial charge in [0.05, 0.1) is 31.0 Å². The first-order valence-electron chi connectivity index (χ1n) is 10.6. The highest BCUT2D eigenvalue weighted by molar-refractivity contribution is 5.81. The molecule has 0 bridgehead atoms. The quantitative estimate of drug-likeness (QED) is 0.531. The molecular formula is C25H22F2N2O5. The Hall–Kier alpha value is -3.56. The van der Waals surface area contributed by atoms with Crippen molar-refractivity contribution in [3.63, 3.8) is 0 Å². The molecule has 1 aliphatic carbocycles. The number of ether oxygens (including phenoxy) is 2. The molecule has 0 saturated heterocycles. The van der Waals surface area contributed by atoms with Gasteiger partial charge in [-0.3, -0.25) is 9.78 Å². The fourth-order valence-corrected chi connectivity index (χ4v) is 5.59. The van der Waals surface area contributed by atoms with E-state index in [9.17, 15) is 23.8 Å². The Morgan fingerprint density at radius 3 is 2.41 bits per heavy atom. The van der Waals surface area contributed by atoms with Crippen LogP contribution in [0.4, 0.5) is 8.78 Å². The van der Waals surface area contributed by atoms with Gasteiger partial charge in [0.25, 0.3) is 6.43 Å². The lowest BCUT2D eigenvalue weighted by Crippen LogP contribution is -2.52. The fourth-order valence-electron chi connectivity index (χ4n) is 5.59. The lowest BCUT2D eigenvalue weighted by atomic mass is 9.70. The van der Waals surface area contributed by atoms with Crippen LogP contribution < -0.4 is 15.2 Å².